The molecule has 1 aliphatic heterocycles. The number of carboxylic acid groups (broad SMARTS) is 1. The molecule has 2 heterocycles. The van der Waals surface area contributed by atoms with Gasteiger partial charge >= 0.3 is 5.97 Å². The highest BCUT2D eigenvalue weighted by Crippen LogP contribution is 2.19. The van der Waals surface area contributed by atoms with E-state index in [1.807, 2.05) is 0 Å². The Labute approximate surface area is 110 Å². The molecule has 0 spiro atoms. The summed E-state index contributed by atoms with van der Waals surface area (Å²) in [5.41, 5.74) is 0.632. The van der Waals surface area contributed by atoms with Gasteiger partial charge in [0.1, 0.15) is 0 Å². The van der Waals surface area contributed by atoms with Gasteiger partial charge in [0.05, 0.1) is 23.7 Å². The summed E-state index contributed by atoms with van der Waals surface area (Å²) in [6.07, 6.45) is 2.16. The molecule has 1 saturated heterocycles. The summed E-state index contributed by atoms with van der Waals surface area (Å²) in [5.74, 6) is -0.845. The van der Waals surface area contributed by atoms with Crippen molar-refractivity contribution in [2.24, 2.45) is 7.05 Å². The maximum atomic E-state index is 11.5. The smallest absolute Gasteiger partial charge is 0.317 e. The fourth-order valence-corrected chi connectivity index (χ4v) is 3.99. The largest absolute Gasteiger partial charge is 0.480 e. The predicted octanol–water partition coefficient (Wildman–Crippen LogP) is -1.11. The van der Waals surface area contributed by atoms with Crippen LogP contribution in [-0.2, 0) is 28.2 Å². The third kappa shape index (κ3) is 3.74. The van der Waals surface area contributed by atoms with E-state index in [1.54, 1.807) is 18.1 Å². The molecular weight excluding hydrogens is 272 g/mol. The number of rotatable bonds is 5. The molecule has 9 heteroatoms. The van der Waals surface area contributed by atoms with Crippen molar-refractivity contribution in [3.63, 3.8) is 0 Å². The molecule has 1 N–H and O–H groups in total. The van der Waals surface area contributed by atoms with Crippen molar-refractivity contribution in [1.29, 1.82) is 0 Å². The Hall–Kier alpha value is -1.48. The van der Waals surface area contributed by atoms with E-state index in [0.717, 1.165) is 0 Å². The number of sulfone groups is 1. The molecule has 8 nitrogen and oxygen atoms in total. The van der Waals surface area contributed by atoms with Crippen LogP contribution in [0.15, 0.2) is 6.20 Å². The lowest BCUT2D eigenvalue weighted by Gasteiger charge is -2.24. The van der Waals surface area contributed by atoms with E-state index in [9.17, 15) is 13.2 Å². The summed E-state index contributed by atoms with van der Waals surface area (Å²) in [4.78, 5) is 12.5. The summed E-state index contributed by atoms with van der Waals surface area (Å²) in [6, 6.07) is -0.261. The highest BCUT2D eigenvalue weighted by Gasteiger charge is 2.33. The summed E-state index contributed by atoms with van der Waals surface area (Å²) in [6.45, 7) is 0.0943. The molecule has 0 aromatic carbocycles. The van der Waals surface area contributed by atoms with Gasteiger partial charge < -0.3 is 5.11 Å². The zero-order chi connectivity index (χ0) is 14.0. The molecule has 0 aliphatic carbocycles. The Morgan fingerprint density at radius 1 is 1.63 bits per heavy atom. The molecule has 19 heavy (non-hydrogen) atoms. The standard InChI is InChI=1S/C10H16N4O4S/c1-13-4-8(11-12-13)5-14(6-10(15)16)9-2-3-19(17,18)7-9/h4,9H,2-3,5-7H2,1H3,(H,15,16). The fraction of sp³-hybridized carbons (Fsp3) is 0.700. The van der Waals surface area contributed by atoms with Gasteiger partial charge in [-0.1, -0.05) is 5.21 Å². The highest BCUT2D eigenvalue weighted by molar-refractivity contribution is 7.91. The van der Waals surface area contributed by atoms with Gasteiger partial charge in [-0.25, -0.2) is 8.42 Å². The van der Waals surface area contributed by atoms with Gasteiger partial charge in [0, 0.05) is 25.8 Å². The molecule has 1 atom stereocenters. The molecule has 1 aromatic rings. The van der Waals surface area contributed by atoms with Gasteiger partial charge in [0.25, 0.3) is 0 Å². The molecule has 0 radical (unpaired) electrons. The normalized spacial score (nSPS) is 21.9. The minimum absolute atomic E-state index is 0.0144. The van der Waals surface area contributed by atoms with Crippen molar-refractivity contribution in [1.82, 2.24) is 19.9 Å². The van der Waals surface area contributed by atoms with Crippen molar-refractivity contribution >= 4 is 15.8 Å². The number of aliphatic carboxylic acids is 1. The van der Waals surface area contributed by atoms with Crippen molar-refractivity contribution in [2.45, 2.75) is 19.0 Å². The molecular formula is C10H16N4O4S. The number of nitrogens with zero attached hydrogens (tertiary/aromatic N) is 4. The van der Waals surface area contributed by atoms with E-state index in [1.165, 1.54) is 4.68 Å². The van der Waals surface area contributed by atoms with Crippen molar-refractivity contribution < 1.29 is 18.3 Å². The molecule has 1 fully saturated rings. The van der Waals surface area contributed by atoms with Gasteiger partial charge in [-0.3, -0.25) is 14.4 Å². The fourth-order valence-electron chi connectivity index (χ4n) is 2.23. The SMILES string of the molecule is Cn1cc(CN(CC(=O)O)C2CCS(=O)(=O)C2)nn1. The number of aryl methyl sites for hydroxylation is 1. The quantitative estimate of drug-likeness (QED) is 0.732. The Balaban J connectivity index is 2.10. The van der Waals surface area contributed by atoms with Crippen LogP contribution < -0.4 is 0 Å². The van der Waals surface area contributed by atoms with Gasteiger partial charge in [-0.15, -0.1) is 5.10 Å². The summed E-state index contributed by atoms with van der Waals surface area (Å²) in [7, 11) is -1.32. The minimum atomic E-state index is -3.04. The van der Waals surface area contributed by atoms with Gasteiger partial charge in [-0.2, -0.15) is 0 Å². The van der Waals surface area contributed by atoms with E-state index in [2.05, 4.69) is 10.3 Å². The molecule has 2 rings (SSSR count). The predicted molar refractivity (Wildman–Crippen MR) is 66.1 cm³/mol. The van der Waals surface area contributed by atoms with Gasteiger partial charge in [0.15, 0.2) is 9.84 Å². The van der Waals surface area contributed by atoms with Gasteiger partial charge in [-0.05, 0) is 6.42 Å². The Kier molecular flexibility index (Phi) is 3.85. The first-order chi connectivity index (χ1) is 8.85. The zero-order valence-electron chi connectivity index (χ0n) is 10.6. The van der Waals surface area contributed by atoms with Crippen LogP contribution in [0.2, 0.25) is 0 Å². The van der Waals surface area contributed by atoms with Crippen LogP contribution in [0.3, 0.4) is 0 Å². The Bertz CT molecular complexity index is 568. The molecule has 0 bridgehead atoms. The van der Waals surface area contributed by atoms with E-state index < -0.39 is 15.8 Å². The number of hydrogen-bond acceptors (Lipinski definition) is 6. The first kappa shape index (κ1) is 13.9. The Morgan fingerprint density at radius 3 is 2.84 bits per heavy atom. The second-order valence-electron chi connectivity index (χ2n) is 4.74. The first-order valence-electron chi connectivity index (χ1n) is 5.87. The van der Waals surface area contributed by atoms with Crippen LogP contribution in [0.5, 0.6) is 0 Å². The molecule has 106 valence electrons. The molecule has 0 saturated carbocycles. The van der Waals surface area contributed by atoms with Crippen LogP contribution in [0.4, 0.5) is 0 Å². The third-order valence-electron chi connectivity index (χ3n) is 3.08. The average Bonchev–Trinajstić information content (AvgIpc) is 2.83. The van der Waals surface area contributed by atoms with Crippen molar-refractivity contribution in [3.05, 3.63) is 11.9 Å². The van der Waals surface area contributed by atoms with Crippen LogP contribution in [0.25, 0.3) is 0 Å². The maximum absolute atomic E-state index is 11.5. The highest BCUT2D eigenvalue weighted by atomic mass is 32.2. The summed E-state index contributed by atoms with van der Waals surface area (Å²) >= 11 is 0. The van der Waals surface area contributed by atoms with E-state index in [4.69, 9.17) is 5.11 Å². The Morgan fingerprint density at radius 2 is 2.37 bits per heavy atom. The van der Waals surface area contributed by atoms with E-state index >= 15 is 0 Å². The average molecular weight is 288 g/mol. The lowest BCUT2D eigenvalue weighted by Crippen LogP contribution is -2.39. The monoisotopic (exact) mass is 288 g/mol. The van der Waals surface area contributed by atoms with Gasteiger partial charge in [0.2, 0.25) is 0 Å². The molecule has 1 unspecified atom stereocenters. The topological polar surface area (TPSA) is 105 Å². The first-order valence-corrected chi connectivity index (χ1v) is 7.69. The number of carbonyl (C=O) groups is 1. The second-order valence-corrected chi connectivity index (χ2v) is 6.97. The van der Waals surface area contributed by atoms with Crippen LogP contribution in [-0.4, -0.2) is 63.5 Å². The molecule has 1 aromatic heterocycles. The van der Waals surface area contributed by atoms with Crippen LogP contribution in [0.1, 0.15) is 12.1 Å². The minimum Gasteiger partial charge on any atom is -0.480 e. The molecule has 1 aliphatic rings. The summed E-state index contributed by atoms with van der Waals surface area (Å²) in [5, 5.41) is 16.6. The zero-order valence-corrected chi connectivity index (χ0v) is 11.4. The van der Waals surface area contributed by atoms with Crippen molar-refractivity contribution in [3.8, 4) is 0 Å². The molecule has 0 amide bonds. The number of hydrogen-bond donors (Lipinski definition) is 1. The lowest BCUT2D eigenvalue weighted by molar-refractivity contribution is -0.139. The van der Waals surface area contributed by atoms with Crippen molar-refractivity contribution in [2.75, 3.05) is 18.1 Å². The van der Waals surface area contributed by atoms with Crippen LogP contribution in [0, 0.1) is 0 Å². The lowest BCUT2D eigenvalue weighted by atomic mass is 10.2. The number of aromatic nitrogens is 3. The summed E-state index contributed by atoms with van der Waals surface area (Å²) < 4.78 is 24.5. The third-order valence-corrected chi connectivity index (χ3v) is 4.83. The maximum Gasteiger partial charge on any atom is 0.317 e. The number of carboxylic acids is 1. The van der Waals surface area contributed by atoms with Crippen LogP contribution >= 0.6 is 0 Å². The van der Waals surface area contributed by atoms with E-state index in [0.29, 0.717) is 18.7 Å². The van der Waals surface area contributed by atoms with E-state index in [-0.39, 0.29) is 24.1 Å². The second kappa shape index (κ2) is 5.25.